The van der Waals surface area contributed by atoms with Crippen molar-refractivity contribution in [1.82, 2.24) is 0 Å². The van der Waals surface area contributed by atoms with Crippen LogP contribution < -0.4 is 4.90 Å². The van der Waals surface area contributed by atoms with Gasteiger partial charge in [0.25, 0.3) is 0 Å². The number of hydrogen-bond acceptors (Lipinski definition) is 2. The first-order valence-corrected chi connectivity index (χ1v) is 6.41. The summed E-state index contributed by atoms with van der Waals surface area (Å²) in [6.45, 7) is 0.669. The van der Waals surface area contributed by atoms with E-state index in [1.807, 2.05) is 6.07 Å². The minimum absolute atomic E-state index is 0.167. The van der Waals surface area contributed by atoms with Gasteiger partial charge in [0.05, 0.1) is 11.6 Å². The molecule has 1 aromatic rings. The minimum atomic E-state index is -0.700. The SMILES string of the molecule is O=C(O)C1CCC2CC1CN2c1ccccc1F. The molecule has 0 amide bonds. The fraction of sp³-hybridized carbons (Fsp3) is 0.500. The van der Waals surface area contributed by atoms with Crippen LogP contribution in [0.3, 0.4) is 0 Å². The lowest BCUT2D eigenvalue weighted by Crippen LogP contribution is -2.30. The fourth-order valence-electron chi connectivity index (χ4n) is 3.43. The Morgan fingerprint density at radius 3 is 2.83 bits per heavy atom. The van der Waals surface area contributed by atoms with Crippen LogP contribution in [0.5, 0.6) is 0 Å². The molecule has 2 bridgehead atoms. The van der Waals surface area contributed by atoms with Gasteiger partial charge >= 0.3 is 5.97 Å². The number of halogens is 1. The summed E-state index contributed by atoms with van der Waals surface area (Å²) in [5, 5.41) is 9.18. The molecule has 1 heterocycles. The lowest BCUT2D eigenvalue weighted by Gasteiger charge is -2.27. The van der Waals surface area contributed by atoms with Gasteiger partial charge in [0.2, 0.25) is 0 Å². The maximum absolute atomic E-state index is 13.8. The lowest BCUT2D eigenvalue weighted by atomic mass is 9.80. The third-order valence-corrected chi connectivity index (χ3v) is 4.31. The van der Waals surface area contributed by atoms with Gasteiger partial charge < -0.3 is 10.0 Å². The van der Waals surface area contributed by atoms with Crippen molar-refractivity contribution in [2.45, 2.75) is 25.3 Å². The van der Waals surface area contributed by atoms with Crippen LogP contribution in [-0.2, 0) is 4.79 Å². The van der Waals surface area contributed by atoms with E-state index in [9.17, 15) is 14.3 Å². The normalized spacial score (nSPS) is 30.5. The molecule has 2 aliphatic rings. The largest absolute Gasteiger partial charge is 0.481 e. The van der Waals surface area contributed by atoms with E-state index < -0.39 is 5.97 Å². The molecular formula is C14H16FNO2. The molecule has 1 N–H and O–H groups in total. The fourth-order valence-corrected chi connectivity index (χ4v) is 3.43. The van der Waals surface area contributed by atoms with Crippen LogP contribution >= 0.6 is 0 Å². The number of carboxylic acids is 1. The standard InChI is InChI=1S/C14H16FNO2/c15-12-3-1-2-4-13(12)16-8-9-7-10(16)5-6-11(9)14(17)18/h1-4,9-11H,5-8H2,(H,17,18). The third-order valence-electron chi connectivity index (χ3n) is 4.31. The number of carboxylic acid groups (broad SMARTS) is 1. The van der Waals surface area contributed by atoms with Gasteiger partial charge in [0, 0.05) is 12.6 Å². The molecular weight excluding hydrogens is 233 g/mol. The average Bonchev–Trinajstić information content (AvgIpc) is 2.67. The molecule has 1 saturated heterocycles. The molecule has 2 fully saturated rings. The molecule has 0 aromatic heterocycles. The van der Waals surface area contributed by atoms with E-state index >= 15 is 0 Å². The molecule has 3 unspecified atom stereocenters. The van der Waals surface area contributed by atoms with Crippen LogP contribution in [0.15, 0.2) is 24.3 Å². The molecule has 3 atom stereocenters. The molecule has 18 heavy (non-hydrogen) atoms. The molecule has 1 saturated carbocycles. The third kappa shape index (κ3) is 1.76. The summed E-state index contributed by atoms with van der Waals surface area (Å²) >= 11 is 0. The Labute approximate surface area is 105 Å². The quantitative estimate of drug-likeness (QED) is 0.875. The summed E-state index contributed by atoms with van der Waals surface area (Å²) in [5.74, 6) is -0.996. The zero-order valence-electron chi connectivity index (χ0n) is 10.1. The first-order chi connectivity index (χ1) is 8.66. The maximum atomic E-state index is 13.8. The second kappa shape index (κ2) is 4.26. The highest BCUT2D eigenvalue weighted by Gasteiger charge is 2.44. The molecule has 1 aromatic carbocycles. The van der Waals surface area contributed by atoms with Crippen molar-refractivity contribution < 1.29 is 14.3 Å². The number of anilines is 1. The Hall–Kier alpha value is -1.58. The number of fused-ring (bicyclic) bond motifs is 2. The maximum Gasteiger partial charge on any atom is 0.306 e. The van der Waals surface area contributed by atoms with Gasteiger partial charge in [-0.2, -0.15) is 0 Å². The van der Waals surface area contributed by atoms with Gasteiger partial charge in [-0.3, -0.25) is 4.79 Å². The van der Waals surface area contributed by atoms with Gasteiger partial charge in [-0.1, -0.05) is 12.1 Å². The summed E-state index contributed by atoms with van der Waals surface area (Å²) in [7, 11) is 0. The van der Waals surface area contributed by atoms with Crippen molar-refractivity contribution in [3.05, 3.63) is 30.1 Å². The number of carbonyl (C=O) groups is 1. The molecule has 1 aliphatic heterocycles. The zero-order valence-corrected chi connectivity index (χ0v) is 10.1. The molecule has 96 valence electrons. The molecule has 0 radical (unpaired) electrons. The summed E-state index contributed by atoms with van der Waals surface area (Å²) in [5.41, 5.74) is 0.621. The van der Waals surface area contributed by atoms with E-state index in [1.165, 1.54) is 6.07 Å². The topological polar surface area (TPSA) is 40.5 Å². The molecule has 3 rings (SSSR count). The Morgan fingerprint density at radius 2 is 2.11 bits per heavy atom. The predicted molar refractivity (Wildman–Crippen MR) is 66.0 cm³/mol. The highest BCUT2D eigenvalue weighted by molar-refractivity contribution is 5.71. The highest BCUT2D eigenvalue weighted by atomic mass is 19.1. The first kappa shape index (κ1) is 11.5. The highest BCUT2D eigenvalue weighted by Crippen LogP contribution is 2.42. The number of hydrogen-bond donors (Lipinski definition) is 1. The van der Waals surface area contributed by atoms with Crippen molar-refractivity contribution in [3.63, 3.8) is 0 Å². The van der Waals surface area contributed by atoms with E-state index in [1.54, 1.807) is 12.1 Å². The smallest absolute Gasteiger partial charge is 0.306 e. The van der Waals surface area contributed by atoms with Crippen LogP contribution in [-0.4, -0.2) is 23.7 Å². The van der Waals surface area contributed by atoms with Crippen molar-refractivity contribution >= 4 is 11.7 Å². The number of benzene rings is 1. The van der Waals surface area contributed by atoms with E-state index in [2.05, 4.69) is 4.90 Å². The number of rotatable bonds is 2. The van der Waals surface area contributed by atoms with Crippen molar-refractivity contribution in [3.8, 4) is 0 Å². The van der Waals surface area contributed by atoms with Crippen molar-refractivity contribution in [2.75, 3.05) is 11.4 Å². The summed E-state index contributed by atoms with van der Waals surface area (Å²) in [4.78, 5) is 13.2. The second-order valence-corrected chi connectivity index (χ2v) is 5.28. The van der Waals surface area contributed by atoms with Crippen molar-refractivity contribution in [1.29, 1.82) is 0 Å². The van der Waals surface area contributed by atoms with E-state index in [4.69, 9.17) is 0 Å². The summed E-state index contributed by atoms with van der Waals surface area (Å²) in [6.07, 6.45) is 2.45. The monoisotopic (exact) mass is 249 g/mol. The van der Waals surface area contributed by atoms with E-state index in [0.29, 0.717) is 18.3 Å². The zero-order chi connectivity index (χ0) is 12.7. The molecule has 1 aliphatic carbocycles. The van der Waals surface area contributed by atoms with Crippen molar-refractivity contribution in [2.24, 2.45) is 11.8 Å². The van der Waals surface area contributed by atoms with Gasteiger partial charge in [-0.15, -0.1) is 0 Å². The Bertz CT molecular complexity index is 477. The molecule has 3 nitrogen and oxygen atoms in total. The van der Waals surface area contributed by atoms with Gasteiger partial charge in [-0.05, 0) is 37.3 Å². The average molecular weight is 249 g/mol. The van der Waals surface area contributed by atoms with Crippen LogP contribution in [0.2, 0.25) is 0 Å². The van der Waals surface area contributed by atoms with E-state index in [0.717, 1.165) is 19.3 Å². The minimum Gasteiger partial charge on any atom is -0.481 e. The Kier molecular flexibility index (Phi) is 2.73. The van der Waals surface area contributed by atoms with Gasteiger partial charge in [0.15, 0.2) is 0 Å². The first-order valence-electron chi connectivity index (χ1n) is 6.41. The summed E-state index contributed by atoms with van der Waals surface area (Å²) in [6, 6.07) is 7.07. The Morgan fingerprint density at radius 1 is 1.33 bits per heavy atom. The molecule has 4 heteroatoms. The lowest BCUT2D eigenvalue weighted by molar-refractivity contribution is -0.144. The van der Waals surface area contributed by atoms with Crippen LogP contribution in [0.4, 0.5) is 10.1 Å². The van der Waals surface area contributed by atoms with E-state index in [-0.39, 0.29) is 17.7 Å². The van der Waals surface area contributed by atoms with Crippen LogP contribution in [0.1, 0.15) is 19.3 Å². The van der Waals surface area contributed by atoms with Gasteiger partial charge in [-0.25, -0.2) is 4.39 Å². The Balaban J connectivity index is 1.86. The van der Waals surface area contributed by atoms with Gasteiger partial charge in [0.1, 0.15) is 5.82 Å². The number of nitrogens with zero attached hydrogens (tertiary/aromatic N) is 1. The second-order valence-electron chi connectivity index (χ2n) is 5.28. The predicted octanol–water partition coefficient (Wildman–Crippen LogP) is 2.52. The number of para-hydroxylation sites is 1. The number of aliphatic carboxylic acids is 1. The molecule has 0 spiro atoms. The van der Waals surface area contributed by atoms with Crippen LogP contribution in [0.25, 0.3) is 0 Å². The summed E-state index contributed by atoms with van der Waals surface area (Å²) < 4.78 is 13.8. The van der Waals surface area contributed by atoms with Crippen LogP contribution in [0, 0.1) is 17.7 Å².